The lowest BCUT2D eigenvalue weighted by molar-refractivity contribution is 0.259. The van der Waals surface area contributed by atoms with E-state index in [4.69, 9.17) is 11.5 Å². The third kappa shape index (κ3) is 2.89. The van der Waals surface area contributed by atoms with Crippen LogP contribution in [0.2, 0.25) is 0 Å². The molecule has 3 rings (SSSR count). The molecule has 0 saturated heterocycles. The summed E-state index contributed by atoms with van der Waals surface area (Å²) in [6.45, 7) is 2.07. The van der Waals surface area contributed by atoms with Crippen LogP contribution in [-0.2, 0) is 6.42 Å². The number of primary amides is 1. The number of nitrogen functional groups attached to an aromatic ring is 1. The molecular formula is C16H16N6O. The molecule has 0 spiro atoms. The van der Waals surface area contributed by atoms with E-state index < -0.39 is 6.03 Å². The number of fused-ring (bicyclic) bond motifs is 1. The standard InChI is InChI=1S/C16H16N6O/c1-2-9-3-4-19-7-11(9)13-5-10-6-14(22-16(18)23)20-8-12(10)15(17)21-13/h3-8H,2H2,1H3,(H2,17,21)(H3,18,20,22,23). The molecule has 3 aromatic rings. The Morgan fingerprint density at radius 2 is 2.13 bits per heavy atom. The van der Waals surface area contributed by atoms with Gasteiger partial charge in [-0.15, -0.1) is 0 Å². The van der Waals surface area contributed by atoms with Crippen molar-refractivity contribution in [3.63, 3.8) is 0 Å². The van der Waals surface area contributed by atoms with Crippen LogP contribution >= 0.6 is 0 Å². The number of hydrogen-bond acceptors (Lipinski definition) is 5. The molecule has 0 aliphatic rings. The highest BCUT2D eigenvalue weighted by molar-refractivity contribution is 5.96. The monoisotopic (exact) mass is 308 g/mol. The van der Waals surface area contributed by atoms with E-state index >= 15 is 0 Å². The number of pyridine rings is 3. The quantitative estimate of drug-likeness (QED) is 0.686. The number of nitrogens with zero attached hydrogens (tertiary/aromatic N) is 3. The number of amides is 2. The highest BCUT2D eigenvalue weighted by Gasteiger charge is 2.10. The molecule has 0 unspecified atom stereocenters. The van der Waals surface area contributed by atoms with Crippen LogP contribution < -0.4 is 16.8 Å². The molecule has 7 heteroatoms. The van der Waals surface area contributed by atoms with Gasteiger partial charge in [-0.1, -0.05) is 6.92 Å². The molecule has 2 amide bonds. The van der Waals surface area contributed by atoms with Gasteiger partial charge in [0.25, 0.3) is 0 Å². The Hall–Kier alpha value is -3.22. The minimum absolute atomic E-state index is 0.364. The third-order valence-corrected chi connectivity index (χ3v) is 3.56. The molecule has 5 N–H and O–H groups in total. The zero-order valence-corrected chi connectivity index (χ0v) is 12.6. The van der Waals surface area contributed by atoms with Gasteiger partial charge in [-0.25, -0.2) is 14.8 Å². The zero-order valence-electron chi connectivity index (χ0n) is 12.6. The first-order chi connectivity index (χ1) is 11.1. The molecule has 0 saturated carbocycles. The van der Waals surface area contributed by atoms with Crippen LogP contribution in [0.1, 0.15) is 12.5 Å². The lowest BCUT2D eigenvalue weighted by Crippen LogP contribution is -2.19. The second-order valence-electron chi connectivity index (χ2n) is 5.06. The highest BCUT2D eigenvalue weighted by atomic mass is 16.2. The fourth-order valence-corrected chi connectivity index (χ4v) is 2.47. The summed E-state index contributed by atoms with van der Waals surface area (Å²) in [5.74, 6) is 0.741. The Morgan fingerprint density at radius 3 is 2.87 bits per heavy atom. The van der Waals surface area contributed by atoms with Gasteiger partial charge in [-0.3, -0.25) is 10.3 Å². The minimum Gasteiger partial charge on any atom is -0.383 e. The predicted octanol–water partition coefficient (Wildman–Crippen LogP) is 2.33. The average Bonchev–Trinajstić information content (AvgIpc) is 2.53. The maximum atomic E-state index is 11.0. The lowest BCUT2D eigenvalue weighted by atomic mass is 10.0. The molecule has 3 heterocycles. The first-order valence-corrected chi connectivity index (χ1v) is 7.14. The Morgan fingerprint density at radius 1 is 1.30 bits per heavy atom. The largest absolute Gasteiger partial charge is 0.383 e. The zero-order chi connectivity index (χ0) is 16.4. The fourth-order valence-electron chi connectivity index (χ4n) is 2.47. The Labute approximate surface area is 132 Å². The highest BCUT2D eigenvalue weighted by Crippen LogP contribution is 2.28. The molecule has 0 fully saturated rings. The van der Waals surface area contributed by atoms with Crippen molar-refractivity contribution >= 4 is 28.4 Å². The number of rotatable bonds is 3. The average molecular weight is 308 g/mol. The summed E-state index contributed by atoms with van der Waals surface area (Å²) in [5, 5.41) is 3.98. The molecule has 0 radical (unpaired) electrons. The number of aromatic nitrogens is 3. The van der Waals surface area contributed by atoms with Gasteiger partial charge in [0, 0.05) is 29.5 Å². The van der Waals surface area contributed by atoms with Gasteiger partial charge in [0.15, 0.2) is 0 Å². The maximum Gasteiger partial charge on any atom is 0.317 e. The lowest BCUT2D eigenvalue weighted by Gasteiger charge is -2.10. The third-order valence-electron chi connectivity index (χ3n) is 3.56. The first-order valence-electron chi connectivity index (χ1n) is 7.14. The maximum absolute atomic E-state index is 11.0. The molecule has 116 valence electrons. The van der Waals surface area contributed by atoms with E-state index in [1.807, 2.05) is 12.1 Å². The summed E-state index contributed by atoms with van der Waals surface area (Å²) < 4.78 is 0. The number of nitrogens with one attached hydrogen (secondary N) is 1. The van der Waals surface area contributed by atoms with Crippen LogP contribution in [-0.4, -0.2) is 21.0 Å². The van der Waals surface area contributed by atoms with E-state index in [1.165, 1.54) is 0 Å². The van der Waals surface area contributed by atoms with Gasteiger partial charge in [-0.05, 0) is 35.6 Å². The number of carbonyl (C=O) groups is 1. The second kappa shape index (κ2) is 5.88. The molecular weight excluding hydrogens is 292 g/mol. The topological polar surface area (TPSA) is 120 Å². The summed E-state index contributed by atoms with van der Waals surface area (Å²) >= 11 is 0. The SMILES string of the molecule is CCc1ccncc1-c1cc2cc(NC(N)=O)ncc2c(N)n1. The summed E-state index contributed by atoms with van der Waals surface area (Å²) in [6, 6.07) is 4.91. The number of anilines is 2. The van der Waals surface area contributed by atoms with Crippen LogP contribution in [0.25, 0.3) is 22.0 Å². The van der Waals surface area contributed by atoms with E-state index in [-0.39, 0.29) is 0 Å². The molecule has 0 atom stereocenters. The molecule has 7 nitrogen and oxygen atoms in total. The van der Waals surface area contributed by atoms with Crippen LogP contribution in [0, 0.1) is 0 Å². The Kier molecular flexibility index (Phi) is 3.76. The fraction of sp³-hybridized carbons (Fsp3) is 0.125. The van der Waals surface area contributed by atoms with Gasteiger partial charge in [0.05, 0.1) is 5.69 Å². The summed E-state index contributed by atoms with van der Waals surface area (Å²) in [7, 11) is 0. The van der Waals surface area contributed by atoms with Gasteiger partial charge in [0.1, 0.15) is 11.6 Å². The molecule has 23 heavy (non-hydrogen) atoms. The second-order valence-corrected chi connectivity index (χ2v) is 5.06. The molecule has 3 aromatic heterocycles. The van der Waals surface area contributed by atoms with Crippen molar-refractivity contribution in [3.8, 4) is 11.3 Å². The Balaban J connectivity index is 2.17. The summed E-state index contributed by atoms with van der Waals surface area (Å²) in [4.78, 5) is 23.7. The molecule has 0 aliphatic heterocycles. The van der Waals surface area contributed by atoms with Crippen molar-refractivity contribution in [3.05, 3.63) is 42.4 Å². The number of urea groups is 1. The smallest absolute Gasteiger partial charge is 0.317 e. The van der Waals surface area contributed by atoms with Gasteiger partial charge in [-0.2, -0.15) is 0 Å². The number of aryl methyl sites for hydroxylation is 1. The van der Waals surface area contributed by atoms with Crippen molar-refractivity contribution in [1.29, 1.82) is 0 Å². The molecule has 0 aromatic carbocycles. The van der Waals surface area contributed by atoms with Gasteiger partial charge < -0.3 is 11.5 Å². The van der Waals surface area contributed by atoms with E-state index in [2.05, 4.69) is 27.2 Å². The van der Waals surface area contributed by atoms with Crippen molar-refractivity contribution < 1.29 is 4.79 Å². The van der Waals surface area contributed by atoms with Crippen LogP contribution in [0.4, 0.5) is 16.4 Å². The first kappa shape index (κ1) is 14.7. The van der Waals surface area contributed by atoms with Crippen molar-refractivity contribution in [2.45, 2.75) is 13.3 Å². The van der Waals surface area contributed by atoms with Gasteiger partial charge in [0.2, 0.25) is 0 Å². The van der Waals surface area contributed by atoms with Crippen molar-refractivity contribution in [1.82, 2.24) is 15.0 Å². The van der Waals surface area contributed by atoms with E-state index in [9.17, 15) is 4.79 Å². The molecule has 0 bridgehead atoms. The van der Waals surface area contributed by atoms with Crippen LogP contribution in [0.15, 0.2) is 36.8 Å². The minimum atomic E-state index is -0.667. The van der Waals surface area contributed by atoms with Crippen LogP contribution in [0.5, 0.6) is 0 Å². The molecule has 0 aliphatic carbocycles. The van der Waals surface area contributed by atoms with E-state index in [1.54, 1.807) is 24.7 Å². The number of carbonyl (C=O) groups excluding carboxylic acids is 1. The van der Waals surface area contributed by atoms with Crippen molar-refractivity contribution in [2.75, 3.05) is 11.1 Å². The van der Waals surface area contributed by atoms with Crippen LogP contribution in [0.3, 0.4) is 0 Å². The van der Waals surface area contributed by atoms with E-state index in [0.717, 1.165) is 28.6 Å². The van der Waals surface area contributed by atoms with Gasteiger partial charge >= 0.3 is 6.03 Å². The summed E-state index contributed by atoms with van der Waals surface area (Å²) in [6.07, 6.45) is 5.96. The Bertz CT molecular complexity index is 893. The number of hydrogen-bond donors (Lipinski definition) is 3. The van der Waals surface area contributed by atoms with E-state index in [0.29, 0.717) is 17.0 Å². The summed E-state index contributed by atoms with van der Waals surface area (Å²) in [5.41, 5.74) is 14.0. The predicted molar refractivity (Wildman–Crippen MR) is 89.8 cm³/mol. The normalized spacial score (nSPS) is 10.7. The number of nitrogens with two attached hydrogens (primary N) is 2. The van der Waals surface area contributed by atoms with Crippen molar-refractivity contribution in [2.24, 2.45) is 5.73 Å².